The van der Waals surface area contributed by atoms with Gasteiger partial charge in [0.2, 0.25) is 0 Å². The van der Waals surface area contributed by atoms with Crippen LogP contribution in [0.1, 0.15) is 48.5 Å². The van der Waals surface area contributed by atoms with Crippen LogP contribution in [0, 0.1) is 6.92 Å². The number of nitrogens with one attached hydrogen (secondary N) is 1. The summed E-state index contributed by atoms with van der Waals surface area (Å²) < 4.78 is 2.20. The van der Waals surface area contributed by atoms with Crippen LogP contribution < -0.4 is 5.32 Å². The molecule has 1 N–H and O–H groups in total. The molecule has 1 aliphatic carbocycles. The van der Waals surface area contributed by atoms with Crippen molar-refractivity contribution in [2.45, 2.75) is 45.2 Å². The molecule has 0 radical (unpaired) electrons. The van der Waals surface area contributed by atoms with Gasteiger partial charge in [0.15, 0.2) is 0 Å². The van der Waals surface area contributed by atoms with Crippen LogP contribution >= 0.6 is 0 Å². The van der Waals surface area contributed by atoms with Gasteiger partial charge < -0.3 is 5.32 Å². The van der Waals surface area contributed by atoms with E-state index in [2.05, 4.69) is 26.9 Å². The predicted molar refractivity (Wildman–Crippen MR) is 82.6 cm³/mol. The molecule has 0 amide bonds. The minimum absolute atomic E-state index is 0.539. The molecule has 1 saturated carbocycles. The third-order valence-corrected chi connectivity index (χ3v) is 4.47. The second kappa shape index (κ2) is 4.98. The number of nitrogens with zero attached hydrogens (tertiary/aromatic N) is 4. The molecule has 5 nitrogen and oxygen atoms in total. The number of amidine groups is 1. The molecule has 4 rings (SSSR count). The van der Waals surface area contributed by atoms with E-state index >= 15 is 0 Å². The maximum Gasteiger partial charge on any atom is 0.135 e. The van der Waals surface area contributed by atoms with Gasteiger partial charge in [-0.25, -0.2) is 4.68 Å². The van der Waals surface area contributed by atoms with Gasteiger partial charge in [-0.1, -0.05) is 12.8 Å². The maximum atomic E-state index is 4.77. The van der Waals surface area contributed by atoms with Crippen molar-refractivity contribution in [1.29, 1.82) is 0 Å². The fourth-order valence-electron chi connectivity index (χ4n) is 3.30. The molecule has 2 aromatic heterocycles. The van der Waals surface area contributed by atoms with Gasteiger partial charge in [-0.15, -0.1) is 0 Å². The summed E-state index contributed by atoms with van der Waals surface area (Å²) in [6, 6.07) is 4.51. The Bertz CT molecular complexity index is 680. The SMILES string of the molecule is Cc1nn(C2CCCC2)c2c1CN=C(c1ccncc1)N2. The molecule has 2 aromatic rings. The van der Waals surface area contributed by atoms with E-state index in [9.17, 15) is 0 Å². The molecule has 2 aliphatic rings. The molecule has 3 heterocycles. The zero-order valence-electron chi connectivity index (χ0n) is 12.2. The molecule has 21 heavy (non-hydrogen) atoms. The first-order valence-electron chi connectivity index (χ1n) is 7.63. The summed E-state index contributed by atoms with van der Waals surface area (Å²) in [6.07, 6.45) is 8.68. The van der Waals surface area contributed by atoms with Gasteiger partial charge in [-0.05, 0) is 31.9 Å². The second-order valence-electron chi connectivity index (χ2n) is 5.82. The van der Waals surface area contributed by atoms with Crippen LogP contribution in [0.3, 0.4) is 0 Å². The van der Waals surface area contributed by atoms with Crippen molar-refractivity contribution in [3.8, 4) is 0 Å². The Morgan fingerprint density at radius 1 is 1.19 bits per heavy atom. The molecule has 0 unspecified atom stereocenters. The summed E-state index contributed by atoms with van der Waals surface area (Å²) in [7, 11) is 0. The van der Waals surface area contributed by atoms with Crippen LogP contribution in [0.2, 0.25) is 0 Å². The summed E-state index contributed by atoms with van der Waals surface area (Å²) in [5, 5.41) is 8.27. The minimum atomic E-state index is 0.539. The Kier molecular flexibility index (Phi) is 2.98. The van der Waals surface area contributed by atoms with Gasteiger partial charge >= 0.3 is 0 Å². The van der Waals surface area contributed by atoms with Gasteiger partial charge in [0.05, 0.1) is 18.3 Å². The number of anilines is 1. The fourth-order valence-corrected chi connectivity index (χ4v) is 3.30. The molecule has 1 fully saturated rings. The molecule has 1 aliphatic heterocycles. The molecule has 5 heteroatoms. The minimum Gasteiger partial charge on any atom is -0.325 e. The Morgan fingerprint density at radius 3 is 2.71 bits per heavy atom. The highest BCUT2D eigenvalue weighted by molar-refractivity contribution is 6.09. The number of rotatable bonds is 2. The van der Waals surface area contributed by atoms with Gasteiger partial charge in [-0.2, -0.15) is 5.10 Å². The molecule has 0 bridgehead atoms. The van der Waals surface area contributed by atoms with Crippen LogP contribution in [-0.2, 0) is 6.54 Å². The maximum absolute atomic E-state index is 4.77. The summed E-state index contributed by atoms with van der Waals surface area (Å²) >= 11 is 0. The van der Waals surface area contributed by atoms with Crippen molar-refractivity contribution in [2.24, 2.45) is 4.99 Å². The van der Waals surface area contributed by atoms with E-state index in [0.29, 0.717) is 12.6 Å². The van der Waals surface area contributed by atoms with Crippen LogP contribution in [0.5, 0.6) is 0 Å². The number of aliphatic imine (C=N–C) groups is 1. The lowest BCUT2D eigenvalue weighted by molar-refractivity contribution is 0.470. The standard InChI is InChI=1S/C16H19N5/c1-11-14-10-18-15(12-6-8-17-9-7-12)19-16(14)21(20-11)13-4-2-3-5-13/h6-9,13H,2-5,10H2,1H3,(H,18,19). The van der Waals surface area contributed by atoms with Gasteiger partial charge in [-0.3, -0.25) is 9.98 Å². The Labute approximate surface area is 124 Å². The van der Waals surface area contributed by atoms with E-state index in [1.165, 1.54) is 31.2 Å². The number of hydrogen-bond donors (Lipinski definition) is 1. The highest BCUT2D eigenvalue weighted by atomic mass is 15.4. The van der Waals surface area contributed by atoms with Gasteiger partial charge in [0, 0.05) is 23.5 Å². The van der Waals surface area contributed by atoms with E-state index in [4.69, 9.17) is 5.10 Å². The fraction of sp³-hybridized carbons (Fsp3) is 0.438. The largest absolute Gasteiger partial charge is 0.325 e. The normalized spacial score (nSPS) is 18.2. The molecular formula is C16H19N5. The van der Waals surface area contributed by atoms with Crippen LogP contribution in [0.15, 0.2) is 29.5 Å². The van der Waals surface area contributed by atoms with E-state index in [1.54, 1.807) is 12.4 Å². The van der Waals surface area contributed by atoms with E-state index < -0.39 is 0 Å². The average Bonchev–Trinajstić information content (AvgIpc) is 3.16. The van der Waals surface area contributed by atoms with Gasteiger partial charge in [0.25, 0.3) is 0 Å². The third kappa shape index (κ3) is 2.13. The van der Waals surface area contributed by atoms with Crippen LogP contribution in [0.25, 0.3) is 0 Å². The number of pyridine rings is 1. The Hall–Kier alpha value is -2.17. The zero-order chi connectivity index (χ0) is 14.2. The lowest BCUT2D eigenvalue weighted by Crippen LogP contribution is -2.22. The lowest BCUT2D eigenvalue weighted by Gasteiger charge is -2.20. The van der Waals surface area contributed by atoms with Crippen LogP contribution in [0.4, 0.5) is 5.82 Å². The summed E-state index contributed by atoms with van der Waals surface area (Å²) in [4.78, 5) is 8.74. The molecule has 0 atom stereocenters. The van der Waals surface area contributed by atoms with Crippen molar-refractivity contribution in [3.05, 3.63) is 41.3 Å². The molecule has 0 spiro atoms. The number of aromatic nitrogens is 3. The van der Waals surface area contributed by atoms with E-state index in [0.717, 1.165) is 22.9 Å². The third-order valence-electron chi connectivity index (χ3n) is 4.47. The second-order valence-corrected chi connectivity index (χ2v) is 5.82. The van der Waals surface area contributed by atoms with Crippen LogP contribution in [-0.4, -0.2) is 20.6 Å². The van der Waals surface area contributed by atoms with Crippen molar-refractivity contribution >= 4 is 11.7 Å². The molecule has 0 saturated heterocycles. The first-order valence-corrected chi connectivity index (χ1v) is 7.63. The smallest absolute Gasteiger partial charge is 0.135 e. The Balaban J connectivity index is 1.70. The summed E-state index contributed by atoms with van der Waals surface area (Å²) in [5.41, 5.74) is 3.41. The lowest BCUT2D eigenvalue weighted by atomic mass is 10.1. The van der Waals surface area contributed by atoms with E-state index in [-0.39, 0.29) is 0 Å². The number of hydrogen-bond acceptors (Lipinski definition) is 4. The van der Waals surface area contributed by atoms with Crippen molar-refractivity contribution in [3.63, 3.8) is 0 Å². The summed E-state index contributed by atoms with van der Waals surface area (Å²) in [6.45, 7) is 2.79. The van der Waals surface area contributed by atoms with Crippen molar-refractivity contribution in [1.82, 2.24) is 14.8 Å². The Morgan fingerprint density at radius 2 is 1.95 bits per heavy atom. The zero-order valence-corrected chi connectivity index (χ0v) is 12.2. The van der Waals surface area contributed by atoms with Crippen molar-refractivity contribution in [2.75, 3.05) is 5.32 Å². The highest BCUT2D eigenvalue weighted by Gasteiger charge is 2.26. The first-order chi connectivity index (χ1) is 10.3. The number of fused-ring (bicyclic) bond motifs is 1. The monoisotopic (exact) mass is 281 g/mol. The topological polar surface area (TPSA) is 55.1 Å². The van der Waals surface area contributed by atoms with E-state index in [1.807, 2.05) is 12.1 Å². The average molecular weight is 281 g/mol. The molecular weight excluding hydrogens is 262 g/mol. The highest BCUT2D eigenvalue weighted by Crippen LogP contribution is 2.35. The first kappa shape index (κ1) is 12.6. The molecule has 0 aromatic carbocycles. The van der Waals surface area contributed by atoms with Gasteiger partial charge in [0.1, 0.15) is 11.7 Å². The number of aryl methyl sites for hydroxylation is 1. The molecule has 108 valence electrons. The predicted octanol–water partition coefficient (Wildman–Crippen LogP) is 3.07. The summed E-state index contributed by atoms with van der Waals surface area (Å²) in [5.74, 6) is 2.06. The van der Waals surface area contributed by atoms with Crippen molar-refractivity contribution < 1.29 is 0 Å². The quantitative estimate of drug-likeness (QED) is 0.920.